The highest BCUT2D eigenvalue weighted by molar-refractivity contribution is 5.90. The molecule has 1 aromatic heterocycles. The molecule has 0 amide bonds. The number of para-hydroxylation sites is 1. The summed E-state index contributed by atoms with van der Waals surface area (Å²) >= 11 is 0. The molecule has 0 spiro atoms. The highest BCUT2D eigenvalue weighted by Gasteiger charge is 2.11. The van der Waals surface area contributed by atoms with E-state index in [1.54, 1.807) is 25.1 Å². The molecule has 1 aromatic carbocycles. The molecule has 2 aromatic rings. The number of benzene rings is 1. The fraction of sp³-hybridized carbons (Fsp3) is 0.267. The van der Waals surface area contributed by atoms with E-state index in [0.29, 0.717) is 36.8 Å². The average molecular weight is 318 g/mol. The summed E-state index contributed by atoms with van der Waals surface area (Å²) in [5.41, 5.74) is 11.9. The fourth-order valence-corrected chi connectivity index (χ4v) is 1.97. The summed E-state index contributed by atoms with van der Waals surface area (Å²) in [6.07, 6.45) is 0.539. The van der Waals surface area contributed by atoms with E-state index >= 15 is 0 Å². The topological polar surface area (TPSA) is 134 Å². The van der Waals surface area contributed by atoms with Gasteiger partial charge in [0.1, 0.15) is 11.3 Å². The lowest BCUT2D eigenvalue weighted by Crippen LogP contribution is -2.10. The minimum absolute atomic E-state index is 0.0981. The largest absolute Gasteiger partial charge is 0.493 e. The summed E-state index contributed by atoms with van der Waals surface area (Å²) in [4.78, 5) is 18.9. The number of carboxylic acids is 1. The van der Waals surface area contributed by atoms with Gasteiger partial charge >= 0.3 is 5.97 Å². The number of nitrogen functional groups attached to an aromatic ring is 2. The second kappa shape index (κ2) is 7.30. The number of rotatable bonds is 7. The number of aromatic nitrogens is 2. The second-order valence-corrected chi connectivity index (χ2v) is 4.73. The molecule has 1 heterocycles. The lowest BCUT2D eigenvalue weighted by molar-refractivity contribution is 0.0692. The third-order valence-electron chi connectivity index (χ3n) is 2.99. The van der Waals surface area contributed by atoms with Crippen molar-refractivity contribution in [3.05, 3.63) is 35.5 Å². The van der Waals surface area contributed by atoms with Crippen LogP contribution in [0.1, 0.15) is 22.5 Å². The molecule has 8 heteroatoms. The molecule has 2 rings (SSSR count). The number of ether oxygens (including phenoxy) is 2. The van der Waals surface area contributed by atoms with E-state index in [-0.39, 0.29) is 17.3 Å². The maximum Gasteiger partial charge on any atom is 0.339 e. The molecular weight excluding hydrogens is 300 g/mol. The fourth-order valence-electron chi connectivity index (χ4n) is 1.97. The SMILES string of the molecule is Cc1nc(N)nc(N)c1OCCCOc1ccccc1C(=O)O. The summed E-state index contributed by atoms with van der Waals surface area (Å²) in [6, 6.07) is 6.46. The van der Waals surface area contributed by atoms with E-state index in [4.69, 9.17) is 26.0 Å². The number of nitrogens with two attached hydrogens (primary N) is 2. The Morgan fingerprint density at radius 1 is 1.17 bits per heavy atom. The quantitative estimate of drug-likeness (QED) is 0.654. The molecule has 0 aliphatic carbocycles. The molecule has 0 saturated heterocycles. The molecular formula is C15H18N4O4. The Hall–Kier alpha value is -3.03. The van der Waals surface area contributed by atoms with Crippen molar-refractivity contribution in [1.82, 2.24) is 9.97 Å². The van der Waals surface area contributed by atoms with Gasteiger partial charge < -0.3 is 26.0 Å². The minimum Gasteiger partial charge on any atom is -0.493 e. The van der Waals surface area contributed by atoms with Gasteiger partial charge in [-0.15, -0.1) is 0 Å². The van der Waals surface area contributed by atoms with E-state index < -0.39 is 5.97 Å². The van der Waals surface area contributed by atoms with E-state index in [1.807, 2.05) is 0 Å². The van der Waals surface area contributed by atoms with Crippen molar-refractivity contribution < 1.29 is 19.4 Å². The van der Waals surface area contributed by atoms with Gasteiger partial charge in [-0.2, -0.15) is 4.98 Å². The number of carbonyl (C=O) groups is 1. The minimum atomic E-state index is -1.03. The highest BCUT2D eigenvalue weighted by Crippen LogP contribution is 2.23. The van der Waals surface area contributed by atoms with E-state index in [2.05, 4.69) is 9.97 Å². The zero-order chi connectivity index (χ0) is 16.8. The molecule has 23 heavy (non-hydrogen) atoms. The van der Waals surface area contributed by atoms with Crippen LogP contribution in [0.15, 0.2) is 24.3 Å². The monoisotopic (exact) mass is 318 g/mol. The first kappa shape index (κ1) is 16.3. The molecule has 0 aliphatic rings. The summed E-state index contributed by atoms with van der Waals surface area (Å²) in [5.74, 6) is -0.0241. The number of aryl methyl sites for hydroxylation is 1. The first-order valence-electron chi connectivity index (χ1n) is 6.96. The van der Waals surface area contributed by atoms with Gasteiger partial charge in [-0.05, 0) is 19.1 Å². The predicted octanol–water partition coefficient (Wildman–Crippen LogP) is 1.50. The van der Waals surface area contributed by atoms with Crippen molar-refractivity contribution >= 4 is 17.7 Å². The van der Waals surface area contributed by atoms with Crippen LogP contribution >= 0.6 is 0 Å². The Kier molecular flexibility index (Phi) is 5.19. The molecule has 122 valence electrons. The van der Waals surface area contributed by atoms with Gasteiger partial charge in [-0.3, -0.25) is 0 Å². The first-order valence-corrected chi connectivity index (χ1v) is 6.96. The lowest BCUT2D eigenvalue weighted by atomic mass is 10.2. The van der Waals surface area contributed by atoms with Crippen molar-refractivity contribution in [3.63, 3.8) is 0 Å². The maximum atomic E-state index is 11.1. The predicted molar refractivity (Wildman–Crippen MR) is 84.6 cm³/mol. The molecule has 8 nitrogen and oxygen atoms in total. The van der Waals surface area contributed by atoms with Crippen molar-refractivity contribution in [2.75, 3.05) is 24.7 Å². The Bertz CT molecular complexity index is 683. The summed E-state index contributed by atoms with van der Waals surface area (Å²) < 4.78 is 11.0. The molecule has 0 aliphatic heterocycles. The van der Waals surface area contributed by atoms with Crippen LogP contribution in [0, 0.1) is 6.92 Å². The van der Waals surface area contributed by atoms with Crippen LogP contribution in [0.4, 0.5) is 11.8 Å². The van der Waals surface area contributed by atoms with Gasteiger partial charge in [-0.25, -0.2) is 9.78 Å². The number of anilines is 2. The van der Waals surface area contributed by atoms with Crippen LogP contribution in [0.2, 0.25) is 0 Å². The molecule has 0 saturated carbocycles. The van der Waals surface area contributed by atoms with Crippen molar-refractivity contribution in [3.8, 4) is 11.5 Å². The Labute approximate surface area is 133 Å². The maximum absolute atomic E-state index is 11.1. The number of aromatic carboxylic acids is 1. The Morgan fingerprint density at radius 2 is 1.87 bits per heavy atom. The van der Waals surface area contributed by atoms with Crippen molar-refractivity contribution in [2.24, 2.45) is 0 Å². The molecule has 0 bridgehead atoms. The van der Waals surface area contributed by atoms with Gasteiger partial charge in [0.25, 0.3) is 0 Å². The Balaban J connectivity index is 1.84. The number of hydrogen-bond acceptors (Lipinski definition) is 7. The van der Waals surface area contributed by atoms with Gasteiger partial charge in [-0.1, -0.05) is 12.1 Å². The van der Waals surface area contributed by atoms with Crippen LogP contribution in [0.25, 0.3) is 0 Å². The van der Waals surface area contributed by atoms with E-state index in [0.717, 1.165) is 0 Å². The van der Waals surface area contributed by atoms with Gasteiger partial charge in [0.15, 0.2) is 11.6 Å². The van der Waals surface area contributed by atoms with Crippen LogP contribution in [0.5, 0.6) is 11.5 Å². The zero-order valence-corrected chi connectivity index (χ0v) is 12.7. The summed E-state index contributed by atoms with van der Waals surface area (Å²) in [7, 11) is 0. The van der Waals surface area contributed by atoms with E-state index in [9.17, 15) is 4.79 Å². The molecule has 5 N–H and O–H groups in total. The van der Waals surface area contributed by atoms with Crippen LogP contribution < -0.4 is 20.9 Å². The van der Waals surface area contributed by atoms with Crippen molar-refractivity contribution in [1.29, 1.82) is 0 Å². The van der Waals surface area contributed by atoms with Crippen molar-refractivity contribution in [2.45, 2.75) is 13.3 Å². The first-order chi connectivity index (χ1) is 11.0. The molecule has 0 unspecified atom stereocenters. The van der Waals surface area contributed by atoms with Crippen LogP contribution in [-0.2, 0) is 0 Å². The molecule has 0 atom stereocenters. The third-order valence-corrected chi connectivity index (χ3v) is 2.99. The number of hydrogen-bond donors (Lipinski definition) is 3. The Morgan fingerprint density at radius 3 is 2.57 bits per heavy atom. The lowest BCUT2D eigenvalue weighted by Gasteiger charge is -2.12. The number of carboxylic acid groups (broad SMARTS) is 1. The normalized spacial score (nSPS) is 10.3. The standard InChI is InChI=1S/C15H18N4O4/c1-9-12(13(16)19-15(17)18-9)23-8-4-7-22-11-6-3-2-5-10(11)14(20)21/h2-3,5-6H,4,7-8H2,1H3,(H,20,21)(H4,16,17,18,19). The highest BCUT2D eigenvalue weighted by atomic mass is 16.5. The van der Waals surface area contributed by atoms with E-state index in [1.165, 1.54) is 6.07 Å². The average Bonchev–Trinajstić information content (AvgIpc) is 2.49. The number of nitrogens with zero attached hydrogens (tertiary/aromatic N) is 2. The van der Waals surface area contributed by atoms with Crippen LogP contribution in [-0.4, -0.2) is 34.3 Å². The third kappa shape index (κ3) is 4.22. The van der Waals surface area contributed by atoms with Gasteiger partial charge in [0.2, 0.25) is 5.95 Å². The molecule has 0 radical (unpaired) electrons. The smallest absolute Gasteiger partial charge is 0.339 e. The zero-order valence-electron chi connectivity index (χ0n) is 12.7. The van der Waals surface area contributed by atoms with Gasteiger partial charge in [0.05, 0.1) is 18.9 Å². The van der Waals surface area contributed by atoms with Gasteiger partial charge in [0, 0.05) is 6.42 Å². The molecule has 0 fully saturated rings. The van der Waals surface area contributed by atoms with Crippen LogP contribution in [0.3, 0.4) is 0 Å². The second-order valence-electron chi connectivity index (χ2n) is 4.73. The summed E-state index contributed by atoms with van der Waals surface area (Å²) in [6.45, 7) is 2.36. The summed E-state index contributed by atoms with van der Waals surface area (Å²) in [5, 5.41) is 9.06.